The molecule has 19 nitrogen and oxygen atoms in total. The third kappa shape index (κ3) is 40.9. The Bertz CT molecular complexity index is 1490. The van der Waals surface area contributed by atoms with Gasteiger partial charge in [0.05, 0.1) is 0 Å². The quantitative estimate of drug-likeness (QED) is 0.0199. The third-order valence-electron chi connectivity index (χ3n) is 12.9. The van der Waals surface area contributed by atoms with Gasteiger partial charge in [0.1, 0.15) is 24.2 Å². The molecule has 0 heterocycles. The van der Waals surface area contributed by atoms with Crippen molar-refractivity contribution in [1.82, 2.24) is 26.6 Å². The first kappa shape index (κ1) is 67.3. The molecule has 0 fully saturated rings. The van der Waals surface area contributed by atoms with Gasteiger partial charge in [0.25, 0.3) is 0 Å². The lowest BCUT2D eigenvalue weighted by atomic mass is 10.0. The molecule has 4 atom stereocenters. The molecule has 0 aromatic carbocycles. The molecule has 0 aromatic heterocycles. The summed E-state index contributed by atoms with van der Waals surface area (Å²) in [6.07, 6.45) is 33.1. The van der Waals surface area contributed by atoms with Crippen molar-refractivity contribution in [1.29, 1.82) is 0 Å². The summed E-state index contributed by atoms with van der Waals surface area (Å²) in [5, 5.41) is 13.8. The Labute approximate surface area is 434 Å². The fourth-order valence-electron chi connectivity index (χ4n) is 8.53. The zero-order chi connectivity index (χ0) is 53.5. The van der Waals surface area contributed by atoms with Gasteiger partial charge >= 0.3 is 0 Å². The van der Waals surface area contributed by atoms with E-state index in [4.69, 9.17) is 34.4 Å². The van der Waals surface area contributed by atoms with Crippen LogP contribution in [0.3, 0.4) is 0 Å². The molecule has 0 radical (unpaired) electrons. The van der Waals surface area contributed by atoms with Crippen LogP contribution in [0, 0.1) is 0 Å². The highest BCUT2D eigenvalue weighted by Gasteiger charge is 2.31. The monoisotopic (exact) mass is 1020 g/mol. The lowest BCUT2D eigenvalue weighted by Crippen LogP contribution is -2.59. The molecular formula is C53H105N13O6. The summed E-state index contributed by atoms with van der Waals surface area (Å²) in [7, 11) is 0. The number of nitrogens with one attached hydrogen (secondary N) is 5. The summed E-state index contributed by atoms with van der Waals surface area (Å²) in [5.74, 6) is -3.68. The smallest absolute Gasteiger partial charge is 0.245 e. The number of rotatable bonds is 50. The van der Waals surface area contributed by atoms with Gasteiger partial charge in [0, 0.05) is 32.5 Å². The SMILES string of the molecule is CCCCCCCCCCCCCCCC(=O)NC[C@H](NC(=O)CCCCCCCCCCCCCCC)C(=O)N[C@@H](CCCN=C(N)N)C(=O)N[C@@H](CCCN=C(N)N)C(=O)N[C@@H](CCCCN)C(N)=O. The third-order valence-corrected chi connectivity index (χ3v) is 12.9. The van der Waals surface area contributed by atoms with Crippen molar-refractivity contribution in [3.8, 4) is 0 Å². The van der Waals surface area contributed by atoms with E-state index >= 15 is 0 Å². The zero-order valence-electron chi connectivity index (χ0n) is 45.2. The molecule has 0 aliphatic carbocycles. The van der Waals surface area contributed by atoms with Crippen molar-refractivity contribution < 1.29 is 28.8 Å². The molecule has 0 rings (SSSR count). The molecule has 0 bridgehead atoms. The van der Waals surface area contributed by atoms with Crippen molar-refractivity contribution in [3.05, 3.63) is 0 Å². The Morgan fingerprint density at radius 1 is 0.375 bits per heavy atom. The molecule has 0 aliphatic rings. The average molecular weight is 1020 g/mol. The largest absolute Gasteiger partial charge is 0.370 e. The second kappa shape index (κ2) is 47.3. The Hall–Kier alpha value is -4.68. The zero-order valence-corrected chi connectivity index (χ0v) is 45.2. The van der Waals surface area contributed by atoms with E-state index in [2.05, 4.69) is 50.4 Å². The van der Waals surface area contributed by atoms with Gasteiger partial charge in [-0.2, -0.15) is 0 Å². The second-order valence-electron chi connectivity index (χ2n) is 19.7. The molecular weight excluding hydrogens is 915 g/mol. The van der Waals surface area contributed by atoms with Crippen LogP contribution in [0.5, 0.6) is 0 Å². The van der Waals surface area contributed by atoms with Crippen LogP contribution in [-0.4, -0.2) is 97.7 Å². The number of hydrogen-bond acceptors (Lipinski definition) is 9. The average Bonchev–Trinajstić information content (AvgIpc) is 3.34. The molecule has 17 N–H and O–H groups in total. The fourth-order valence-corrected chi connectivity index (χ4v) is 8.53. The number of guanidine groups is 2. The molecule has 0 spiro atoms. The Balaban J connectivity index is 5.90. The van der Waals surface area contributed by atoms with Crippen molar-refractivity contribution in [2.45, 2.75) is 263 Å². The number of hydrogen-bond donors (Lipinski definition) is 11. The van der Waals surface area contributed by atoms with Crippen LogP contribution in [-0.2, 0) is 28.8 Å². The number of carbonyl (C=O) groups is 6. The van der Waals surface area contributed by atoms with Gasteiger partial charge in [0.15, 0.2) is 11.9 Å². The molecule has 6 amide bonds. The summed E-state index contributed by atoms with van der Waals surface area (Å²) in [5.41, 5.74) is 33.3. The van der Waals surface area contributed by atoms with Gasteiger partial charge < -0.3 is 61.0 Å². The molecule has 0 unspecified atom stereocenters. The maximum atomic E-state index is 14.2. The minimum Gasteiger partial charge on any atom is -0.370 e. The van der Waals surface area contributed by atoms with Crippen molar-refractivity contribution in [3.63, 3.8) is 0 Å². The Morgan fingerprint density at radius 2 is 0.708 bits per heavy atom. The van der Waals surface area contributed by atoms with Crippen LogP contribution >= 0.6 is 0 Å². The lowest BCUT2D eigenvalue weighted by Gasteiger charge is -2.26. The molecule has 0 saturated heterocycles. The summed E-state index contributed by atoms with van der Waals surface area (Å²) >= 11 is 0. The number of nitrogens with two attached hydrogens (primary N) is 6. The van der Waals surface area contributed by atoms with E-state index in [1.165, 1.54) is 116 Å². The molecule has 19 heteroatoms. The fraction of sp³-hybridized carbons (Fsp3) is 0.849. The van der Waals surface area contributed by atoms with Crippen molar-refractivity contribution in [2.24, 2.45) is 44.4 Å². The number of aliphatic imine (C=N–C) groups is 2. The maximum absolute atomic E-state index is 14.2. The van der Waals surface area contributed by atoms with Gasteiger partial charge in [-0.05, 0) is 64.3 Å². The van der Waals surface area contributed by atoms with Crippen LogP contribution in [0.2, 0.25) is 0 Å². The highest BCUT2D eigenvalue weighted by Crippen LogP contribution is 2.15. The lowest BCUT2D eigenvalue weighted by molar-refractivity contribution is -0.134. The Kier molecular flexibility index (Phi) is 44.3. The predicted molar refractivity (Wildman–Crippen MR) is 293 cm³/mol. The number of unbranched alkanes of at least 4 members (excludes halogenated alkanes) is 25. The van der Waals surface area contributed by atoms with Crippen LogP contribution in [0.4, 0.5) is 0 Å². The summed E-state index contributed by atoms with van der Waals surface area (Å²) in [4.78, 5) is 88.8. The Morgan fingerprint density at radius 3 is 1.07 bits per heavy atom. The highest BCUT2D eigenvalue weighted by atomic mass is 16.2. The normalized spacial score (nSPS) is 12.7. The van der Waals surface area contributed by atoms with E-state index in [1.54, 1.807) is 0 Å². The maximum Gasteiger partial charge on any atom is 0.245 e. The first-order chi connectivity index (χ1) is 34.7. The van der Waals surface area contributed by atoms with Crippen LogP contribution < -0.4 is 61.0 Å². The number of carbonyl (C=O) groups excluding carboxylic acids is 6. The van der Waals surface area contributed by atoms with E-state index in [0.717, 1.165) is 38.5 Å². The van der Waals surface area contributed by atoms with E-state index < -0.39 is 47.8 Å². The molecule has 0 aromatic rings. The van der Waals surface area contributed by atoms with E-state index in [1.807, 2.05) is 0 Å². The minimum absolute atomic E-state index is 0.0464. The van der Waals surface area contributed by atoms with E-state index in [0.29, 0.717) is 32.2 Å². The highest BCUT2D eigenvalue weighted by molar-refractivity contribution is 5.95. The van der Waals surface area contributed by atoms with E-state index in [-0.39, 0.29) is 88.3 Å². The summed E-state index contributed by atoms with van der Waals surface area (Å²) in [6, 6.07) is -4.62. The predicted octanol–water partition coefficient (Wildman–Crippen LogP) is 5.73. The molecule has 0 saturated carbocycles. The minimum atomic E-state index is -1.22. The molecule has 0 aliphatic heterocycles. The van der Waals surface area contributed by atoms with Crippen molar-refractivity contribution >= 4 is 47.4 Å². The van der Waals surface area contributed by atoms with Gasteiger partial charge in [-0.1, -0.05) is 168 Å². The molecule has 72 heavy (non-hydrogen) atoms. The van der Waals surface area contributed by atoms with Gasteiger partial charge in [-0.25, -0.2) is 0 Å². The summed E-state index contributed by atoms with van der Waals surface area (Å²) in [6.45, 7) is 4.97. The topological polar surface area (TPSA) is 343 Å². The first-order valence-corrected chi connectivity index (χ1v) is 28.3. The van der Waals surface area contributed by atoms with E-state index in [9.17, 15) is 28.8 Å². The first-order valence-electron chi connectivity index (χ1n) is 28.3. The standard InChI is InChI=1S/C53H105N13O6/c1-3-5-7-9-11-13-15-17-19-21-23-25-27-36-46(67)62-41-45(63-47(68)37-28-26-24-22-20-18-16-14-12-10-8-6-4-2)51(72)66-44(35-32-40-61-53(58)59)50(71)65-43(34-31-39-60-52(56)57)49(70)64-42(48(55)69)33-29-30-38-54/h42-45H,3-41,54H2,1-2H3,(H2,55,69)(H,62,67)(H,63,68)(H,64,70)(H,65,71)(H,66,72)(H4,56,57,60)(H4,58,59,61)/t42-,43-,44-,45-/m0/s1. The van der Waals surface area contributed by atoms with Crippen LogP contribution in [0.1, 0.15) is 239 Å². The van der Waals surface area contributed by atoms with Crippen LogP contribution in [0.25, 0.3) is 0 Å². The van der Waals surface area contributed by atoms with Gasteiger partial charge in [-0.15, -0.1) is 0 Å². The summed E-state index contributed by atoms with van der Waals surface area (Å²) < 4.78 is 0. The van der Waals surface area contributed by atoms with Gasteiger partial charge in [0.2, 0.25) is 35.4 Å². The van der Waals surface area contributed by atoms with Crippen molar-refractivity contribution in [2.75, 3.05) is 26.2 Å². The second-order valence-corrected chi connectivity index (χ2v) is 19.7. The van der Waals surface area contributed by atoms with Crippen LogP contribution in [0.15, 0.2) is 9.98 Å². The van der Waals surface area contributed by atoms with Gasteiger partial charge in [-0.3, -0.25) is 38.8 Å². The number of primary amides is 1. The number of nitrogens with zero attached hydrogens (tertiary/aromatic N) is 2. The molecule has 418 valence electrons. The number of amides is 6.